The van der Waals surface area contributed by atoms with Gasteiger partial charge in [0.25, 0.3) is 5.91 Å². The minimum Gasteiger partial charge on any atom is -0.340 e. The number of carbonyl (C=O) groups is 2. The summed E-state index contributed by atoms with van der Waals surface area (Å²) in [4.78, 5) is 25.2. The van der Waals surface area contributed by atoms with Crippen molar-refractivity contribution in [2.75, 3.05) is 5.32 Å². The maximum absolute atomic E-state index is 12.7. The zero-order valence-electron chi connectivity index (χ0n) is 14.9. The molecule has 2 rings (SSSR count). The molecule has 4 nitrogen and oxygen atoms in total. The van der Waals surface area contributed by atoms with Crippen molar-refractivity contribution in [2.45, 2.75) is 33.7 Å². The Balaban J connectivity index is 2.17. The highest BCUT2D eigenvalue weighted by Crippen LogP contribution is 2.21. The second-order valence-corrected chi connectivity index (χ2v) is 6.90. The molecule has 0 saturated carbocycles. The van der Waals surface area contributed by atoms with Gasteiger partial charge in [-0.25, -0.2) is 0 Å². The molecule has 0 aromatic heterocycles. The average molecular weight is 359 g/mol. The van der Waals surface area contributed by atoms with E-state index in [4.69, 9.17) is 11.6 Å². The number of benzene rings is 2. The zero-order chi connectivity index (χ0) is 18.6. The molecule has 0 aliphatic rings. The van der Waals surface area contributed by atoms with E-state index in [1.165, 1.54) is 0 Å². The number of hydrogen-bond acceptors (Lipinski definition) is 2. The van der Waals surface area contributed by atoms with Crippen LogP contribution in [0.15, 0.2) is 42.5 Å². The minimum absolute atomic E-state index is 0.0625. The van der Waals surface area contributed by atoms with E-state index in [0.29, 0.717) is 16.3 Å². The summed E-state index contributed by atoms with van der Waals surface area (Å²) < 4.78 is 0. The number of anilines is 1. The summed E-state index contributed by atoms with van der Waals surface area (Å²) >= 11 is 6.00. The Kier molecular flexibility index (Phi) is 6.21. The summed E-state index contributed by atoms with van der Waals surface area (Å²) in [6.07, 6.45) is 0. The van der Waals surface area contributed by atoms with Crippen LogP contribution in [0.1, 0.15) is 35.3 Å². The summed E-state index contributed by atoms with van der Waals surface area (Å²) in [6.45, 7) is 7.55. The highest BCUT2D eigenvalue weighted by atomic mass is 35.5. The summed E-state index contributed by atoms with van der Waals surface area (Å²) in [6, 6.07) is 12.0. The zero-order valence-corrected chi connectivity index (χ0v) is 15.6. The van der Waals surface area contributed by atoms with Crippen LogP contribution in [0.2, 0.25) is 5.02 Å². The van der Waals surface area contributed by atoms with E-state index in [-0.39, 0.29) is 17.7 Å². The maximum Gasteiger partial charge on any atom is 0.252 e. The summed E-state index contributed by atoms with van der Waals surface area (Å²) in [5, 5.41) is 6.26. The quantitative estimate of drug-likeness (QED) is 0.834. The lowest BCUT2D eigenvalue weighted by Crippen LogP contribution is -2.47. The molecule has 0 aliphatic carbocycles. The number of carbonyl (C=O) groups excluding carboxylic acids is 2. The second-order valence-electron chi connectivity index (χ2n) is 6.46. The number of amides is 2. The van der Waals surface area contributed by atoms with Gasteiger partial charge in [0.2, 0.25) is 5.91 Å². The molecule has 0 spiro atoms. The molecule has 5 heteroatoms. The van der Waals surface area contributed by atoms with Crippen LogP contribution in [0.3, 0.4) is 0 Å². The lowest BCUT2D eigenvalue weighted by molar-refractivity contribution is -0.118. The molecule has 0 aliphatic heterocycles. The maximum atomic E-state index is 12.7. The van der Waals surface area contributed by atoms with E-state index in [9.17, 15) is 9.59 Å². The van der Waals surface area contributed by atoms with E-state index < -0.39 is 6.04 Å². The van der Waals surface area contributed by atoms with Crippen LogP contribution in [0.4, 0.5) is 5.69 Å². The van der Waals surface area contributed by atoms with E-state index in [1.54, 1.807) is 18.2 Å². The van der Waals surface area contributed by atoms with Crippen LogP contribution in [0.5, 0.6) is 0 Å². The van der Waals surface area contributed by atoms with E-state index in [2.05, 4.69) is 10.6 Å². The first-order chi connectivity index (χ1) is 11.8. The third-order valence-corrected chi connectivity index (χ3v) is 4.32. The van der Waals surface area contributed by atoms with Crippen LogP contribution >= 0.6 is 11.6 Å². The average Bonchev–Trinajstić information content (AvgIpc) is 2.55. The summed E-state index contributed by atoms with van der Waals surface area (Å²) in [5.74, 6) is -0.579. The van der Waals surface area contributed by atoms with Gasteiger partial charge in [0, 0.05) is 16.3 Å². The summed E-state index contributed by atoms with van der Waals surface area (Å²) in [5.41, 5.74) is 2.99. The molecule has 1 atom stereocenters. The van der Waals surface area contributed by atoms with Gasteiger partial charge in [-0.2, -0.15) is 0 Å². The van der Waals surface area contributed by atoms with Gasteiger partial charge < -0.3 is 10.6 Å². The largest absolute Gasteiger partial charge is 0.340 e. The van der Waals surface area contributed by atoms with Gasteiger partial charge in [-0.05, 0) is 49.1 Å². The number of hydrogen-bond donors (Lipinski definition) is 2. The second kappa shape index (κ2) is 8.17. The topological polar surface area (TPSA) is 58.2 Å². The third-order valence-electron chi connectivity index (χ3n) is 4.08. The molecular weight excluding hydrogens is 336 g/mol. The van der Waals surface area contributed by atoms with Crippen LogP contribution in [-0.2, 0) is 4.79 Å². The Morgan fingerprint density at radius 3 is 2.32 bits per heavy atom. The molecule has 132 valence electrons. The van der Waals surface area contributed by atoms with Gasteiger partial charge in [-0.1, -0.05) is 49.7 Å². The molecule has 0 fully saturated rings. The molecule has 25 heavy (non-hydrogen) atoms. The fourth-order valence-corrected chi connectivity index (χ4v) is 2.69. The van der Waals surface area contributed by atoms with Gasteiger partial charge in [0.05, 0.1) is 0 Å². The number of rotatable bonds is 5. The molecule has 2 N–H and O–H groups in total. The highest BCUT2D eigenvalue weighted by Gasteiger charge is 2.25. The Morgan fingerprint density at radius 1 is 1.00 bits per heavy atom. The fraction of sp³-hybridized carbons (Fsp3) is 0.300. The monoisotopic (exact) mass is 358 g/mol. The molecule has 0 bridgehead atoms. The SMILES string of the molecule is Cc1ccc(Cl)cc1NC(=O)[C@@H](NC(=O)c1ccccc1C)C(C)C. The van der Waals surface area contributed by atoms with Crippen molar-refractivity contribution < 1.29 is 9.59 Å². The van der Waals surface area contributed by atoms with Crippen molar-refractivity contribution in [3.05, 3.63) is 64.2 Å². The van der Waals surface area contributed by atoms with Gasteiger partial charge in [0.1, 0.15) is 6.04 Å². The molecule has 0 radical (unpaired) electrons. The molecular formula is C20H23ClN2O2. The van der Waals surface area contributed by atoms with Gasteiger partial charge in [-0.3, -0.25) is 9.59 Å². The lowest BCUT2D eigenvalue weighted by Gasteiger charge is -2.22. The Labute approximate surface area is 153 Å². The van der Waals surface area contributed by atoms with E-state index in [1.807, 2.05) is 52.0 Å². The summed E-state index contributed by atoms with van der Waals surface area (Å²) in [7, 11) is 0. The lowest BCUT2D eigenvalue weighted by atomic mass is 10.0. The van der Waals surface area contributed by atoms with E-state index in [0.717, 1.165) is 11.1 Å². The molecule has 0 heterocycles. The van der Waals surface area contributed by atoms with Crippen molar-refractivity contribution in [1.82, 2.24) is 5.32 Å². The van der Waals surface area contributed by atoms with Crippen molar-refractivity contribution >= 4 is 29.1 Å². The highest BCUT2D eigenvalue weighted by molar-refractivity contribution is 6.31. The fourth-order valence-electron chi connectivity index (χ4n) is 2.52. The molecule has 2 aromatic rings. The van der Waals surface area contributed by atoms with Gasteiger partial charge >= 0.3 is 0 Å². The molecule has 0 unspecified atom stereocenters. The Hall–Kier alpha value is -2.33. The minimum atomic E-state index is -0.648. The molecule has 2 aromatic carbocycles. The smallest absolute Gasteiger partial charge is 0.252 e. The number of halogens is 1. The third kappa shape index (κ3) is 4.83. The van der Waals surface area contributed by atoms with Gasteiger partial charge in [0.15, 0.2) is 0 Å². The van der Waals surface area contributed by atoms with E-state index >= 15 is 0 Å². The molecule has 2 amide bonds. The first-order valence-corrected chi connectivity index (χ1v) is 8.61. The Bertz CT molecular complexity index is 787. The normalized spacial score (nSPS) is 11.9. The standard InChI is InChI=1S/C20H23ClN2O2/c1-12(2)18(23-19(24)16-8-6-5-7-13(16)3)20(25)22-17-11-15(21)10-9-14(17)4/h5-12,18H,1-4H3,(H,22,25)(H,23,24)/t18-/m0/s1. The predicted octanol–water partition coefficient (Wildman–Crippen LogP) is 4.35. The molecule has 0 saturated heterocycles. The van der Waals surface area contributed by atoms with Crippen LogP contribution in [0.25, 0.3) is 0 Å². The van der Waals surface area contributed by atoms with Crippen molar-refractivity contribution in [3.8, 4) is 0 Å². The number of aryl methyl sites for hydroxylation is 2. The first-order valence-electron chi connectivity index (χ1n) is 8.23. The van der Waals surface area contributed by atoms with Crippen LogP contribution in [0, 0.1) is 19.8 Å². The van der Waals surface area contributed by atoms with Crippen molar-refractivity contribution in [1.29, 1.82) is 0 Å². The first kappa shape index (κ1) is 19.0. The van der Waals surface area contributed by atoms with Gasteiger partial charge in [-0.15, -0.1) is 0 Å². The predicted molar refractivity (Wildman–Crippen MR) is 102 cm³/mol. The van der Waals surface area contributed by atoms with Crippen molar-refractivity contribution in [2.24, 2.45) is 5.92 Å². The Morgan fingerprint density at radius 2 is 1.68 bits per heavy atom. The van der Waals surface area contributed by atoms with Crippen LogP contribution in [-0.4, -0.2) is 17.9 Å². The van der Waals surface area contributed by atoms with Crippen LogP contribution < -0.4 is 10.6 Å². The van der Waals surface area contributed by atoms with Crippen molar-refractivity contribution in [3.63, 3.8) is 0 Å². The number of nitrogens with one attached hydrogen (secondary N) is 2.